The molecule has 0 spiro atoms. The number of hydrogen-bond acceptors (Lipinski definition) is 7. The Bertz CT molecular complexity index is 1190. The summed E-state index contributed by atoms with van der Waals surface area (Å²) < 4.78 is 10.8. The molecule has 8 nitrogen and oxygen atoms in total. The van der Waals surface area contributed by atoms with Crippen molar-refractivity contribution >= 4 is 28.1 Å². The summed E-state index contributed by atoms with van der Waals surface area (Å²) in [5.74, 6) is -0.0844. The van der Waals surface area contributed by atoms with Crippen LogP contribution < -0.4 is 10.4 Å². The Kier molecular flexibility index (Phi) is 6.97. The Hall–Kier alpha value is -2.94. The van der Waals surface area contributed by atoms with Crippen LogP contribution in [0.15, 0.2) is 57.7 Å². The van der Waals surface area contributed by atoms with Gasteiger partial charge in [0.1, 0.15) is 5.02 Å². The second-order valence-electron chi connectivity index (χ2n) is 8.41. The van der Waals surface area contributed by atoms with Gasteiger partial charge in [0.15, 0.2) is 0 Å². The maximum atomic E-state index is 12.2. The van der Waals surface area contributed by atoms with Crippen LogP contribution in [0.4, 0.5) is 5.69 Å². The molecule has 33 heavy (non-hydrogen) atoms. The van der Waals surface area contributed by atoms with Crippen LogP contribution in [0.2, 0.25) is 5.02 Å². The Balaban J connectivity index is 1.28. The van der Waals surface area contributed by atoms with Crippen molar-refractivity contribution in [2.45, 2.75) is 31.3 Å². The van der Waals surface area contributed by atoms with Crippen molar-refractivity contribution in [3.63, 3.8) is 0 Å². The summed E-state index contributed by atoms with van der Waals surface area (Å²) in [7, 11) is 0. The highest BCUT2D eigenvalue weighted by molar-refractivity contribution is 6.36. The largest absolute Gasteiger partial charge is 0.464 e. The molecule has 174 valence electrons. The molecule has 1 fully saturated rings. The third-order valence-corrected chi connectivity index (χ3v) is 6.41. The highest BCUT2D eigenvalue weighted by Gasteiger charge is 2.32. The fourth-order valence-electron chi connectivity index (χ4n) is 4.19. The summed E-state index contributed by atoms with van der Waals surface area (Å²) in [6.45, 7) is 2.68. The summed E-state index contributed by atoms with van der Waals surface area (Å²) in [6.07, 6.45) is 2.77. The first-order valence-corrected chi connectivity index (χ1v) is 11.2. The van der Waals surface area contributed by atoms with Gasteiger partial charge >= 0.3 is 11.6 Å². The first-order valence-electron chi connectivity index (χ1n) is 10.9. The molecule has 1 N–H and O–H groups in total. The maximum absolute atomic E-state index is 12.2. The number of aliphatic hydroxyl groups is 1. The molecule has 1 aromatic heterocycles. The lowest BCUT2D eigenvalue weighted by atomic mass is 9.85. The molecule has 1 aliphatic heterocycles. The predicted molar refractivity (Wildman–Crippen MR) is 125 cm³/mol. The lowest BCUT2D eigenvalue weighted by Crippen LogP contribution is -2.46. The average Bonchev–Trinajstić information content (AvgIpc) is 2.81. The zero-order valence-electron chi connectivity index (χ0n) is 18.0. The highest BCUT2D eigenvalue weighted by atomic mass is 35.5. The lowest BCUT2D eigenvalue weighted by Gasteiger charge is -2.38. The van der Waals surface area contributed by atoms with Gasteiger partial charge in [-0.3, -0.25) is 10.1 Å². The first kappa shape index (κ1) is 23.2. The number of ether oxygens (including phenoxy) is 1. The molecule has 0 bridgehead atoms. The Labute approximate surface area is 195 Å². The molecule has 0 radical (unpaired) electrons. The number of non-ortho nitro benzene ring substituents is 1. The van der Waals surface area contributed by atoms with E-state index < -0.39 is 16.1 Å². The van der Waals surface area contributed by atoms with Gasteiger partial charge in [-0.05, 0) is 30.9 Å². The van der Waals surface area contributed by atoms with Gasteiger partial charge in [0.05, 0.1) is 22.5 Å². The molecule has 3 aromatic rings. The molecule has 0 unspecified atom stereocenters. The smallest absolute Gasteiger partial charge is 0.346 e. The van der Waals surface area contributed by atoms with Gasteiger partial charge < -0.3 is 19.2 Å². The number of nitro groups is 1. The minimum absolute atomic E-state index is 0.0397. The van der Waals surface area contributed by atoms with Crippen LogP contribution in [-0.4, -0.2) is 46.8 Å². The predicted octanol–water partition coefficient (Wildman–Crippen LogP) is 4.19. The SMILES string of the molecule is O=c1oc(OCCCN2CCC(O)(Cc3ccccc3)CC2)c(Cl)c2ccc([N+](=O)[O-])cc12. The van der Waals surface area contributed by atoms with Crippen molar-refractivity contribution in [1.82, 2.24) is 4.90 Å². The van der Waals surface area contributed by atoms with E-state index in [-0.39, 0.29) is 22.0 Å². The van der Waals surface area contributed by atoms with E-state index in [9.17, 15) is 20.0 Å². The number of nitrogens with zero attached hydrogens (tertiary/aromatic N) is 2. The maximum Gasteiger partial charge on any atom is 0.346 e. The van der Waals surface area contributed by atoms with Gasteiger partial charge in [-0.2, -0.15) is 0 Å². The zero-order chi connectivity index (χ0) is 23.4. The van der Waals surface area contributed by atoms with Crippen molar-refractivity contribution in [3.05, 3.63) is 79.7 Å². The number of likely N-dealkylation sites (tertiary alicyclic amines) is 1. The molecule has 2 aromatic carbocycles. The molecule has 1 aliphatic rings. The summed E-state index contributed by atoms with van der Waals surface area (Å²) in [4.78, 5) is 24.9. The average molecular weight is 473 g/mol. The number of nitro benzene ring substituents is 1. The van der Waals surface area contributed by atoms with Crippen LogP contribution >= 0.6 is 11.6 Å². The van der Waals surface area contributed by atoms with Crippen molar-refractivity contribution in [1.29, 1.82) is 0 Å². The van der Waals surface area contributed by atoms with E-state index in [0.29, 0.717) is 37.7 Å². The molecule has 4 rings (SSSR count). The van der Waals surface area contributed by atoms with Gasteiger partial charge in [-0.25, -0.2) is 4.79 Å². The Morgan fingerprint density at radius 2 is 1.88 bits per heavy atom. The molecule has 0 aliphatic carbocycles. The zero-order valence-corrected chi connectivity index (χ0v) is 18.8. The van der Waals surface area contributed by atoms with Crippen LogP contribution in [0.1, 0.15) is 24.8 Å². The Morgan fingerprint density at radius 3 is 2.58 bits per heavy atom. The summed E-state index contributed by atoms with van der Waals surface area (Å²) in [6, 6.07) is 13.9. The normalized spacial score (nSPS) is 16.1. The van der Waals surface area contributed by atoms with E-state index in [0.717, 1.165) is 31.3 Å². The van der Waals surface area contributed by atoms with Crippen LogP contribution in [0.3, 0.4) is 0 Å². The molecule has 2 heterocycles. The van der Waals surface area contributed by atoms with Gasteiger partial charge in [0.25, 0.3) is 5.69 Å². The number of hydrogen-bond donors (Lipinski definition) is 1. The van der Waals surface area contributed by atoms with Crippen molar-refractivity contribution < 1.29 is 19.2 Å². The fraction of sp³-hybridized carbons (Fsp3) is 0.375. The number of rotatable bonds is 8. The lowest BCUT2D eigenvalue weighted by molar-refractivity contribution is -0.384. The second-order valence-corrected chi connectivity index (χ2v) is 8.79. The standard InChI is InChI=1S/C24H25ClN2O6/c25-21-19-8-7-18(27(30)31)15-20(19)22(28)33-23(21)32-14-4-11-26-12-9-24(29,10-13-26)16-17-5-2-1-3-6-17/h1-3,5-8,15,29H,4,9-14,16H2. The third-order valence-electron chi connectivity index (χ3n) is 6.05. The van der Waals surface area contributed by atoms with Gasteiger partial charge in [-0.15, -0.1) is 0 Å². The molecule has 9 heteroatoms. The summed E-state index contributed by atoms with van der Waals surface area (Å²) in [5, 5.41) is 22.3. The van der Waals surface area contributed by atoms with Gasteiger partial charge in [0.2, 0.25) is 0 Å². The van der Waals surface area contributed by atoms with Crippen LogP contribution in [0.25, 0.3) is 10.8 Å². The van der Waals surface area contributed by atoms with E-state index in [2.05, 4.69) is 4.90 Å². The molecule has 0 saturated carbocycles. The summed E-state index contributed by atoms with van der Waals surface area (Å²) >= 11 is 6.31. The summed E-state index contributed by atoms with van der Waals surface area (Å²) in [5.41, 5.74) is -0.477. The molecule has 0 atom stereocenters. The van der Waals surface area contributed by atoms with Crippen LogP contribution in [0.5, 0.6) is 5.95 Å². The molecular weight excluding hydrogens is 448 g/mol. The first-order chi connectivity index (χ1) is 15.8. The minimum Gasteiger partial charge on any atom is -0.464 e. The minimum atomic E-state index is -0.734. The fourth-order valence-corrected chi connectivity index (χ4v) is 4.45. The van der Waals surface area contributed by atoms with Crippen molar-refractivity contribution in [2.24, 2.45) is 0 Å². The van der Waals surface area contributed by atoms with Crippen LogP contribution in [-0.2, 0) is 6.42 Å². The highest BCUT2D eigenvalue weighted by Crippen LogP contribution is 2.32. The van der Waals surface area contributed by atoms with E-state index in [1.807, 2.05) is 30.3 Å². The van der Waals surface area contributed by atoms with Crippen molar-refractivity contribution in [2.75, 3.05) is 26.2 Å². The van der Waals surface area contributed by atoms with E-state index in [4.69, 9.17) is 20.8 Å². The van der Waals surface area contributed by atoms with Gasteiger partial charge in [-0.1, -0.05) is 41.9 Å². The monoisotopic (exact) mass is 472 g/mol. The number of halogens is 1. The number of fused-ring (bicyclic) bond motifs is 1. The van der Waals surface area contributed by atoms with E-state index in [1.54, 1.807) is 0 Å². The number of benzene rings is 2. The van der Waals surface area contributed by atoms with Crippen molar-refractivity contribution in [3.8, 4) is 5.95 Å². The van der Waals surface area contributed by atoms with Crippen LogP contribution in [0, 0.1) is 10.1 Å². The van der Waals surface area contributed by atoms with E-state index in [1.165, 1.54) is 12.1 Å². The second kappa shape index (κ2) is 9.91. The Morgan fingerprint density at radius 1 is 1.15 bits per heavy atom. The van der Waals surface area contributed by atoms with E-state index >= 15 is 0 Å². The third kappa shape index (κ3) is 5.52. The quantitative estimate of drug-likeness (QED) is 0.297. The molecule has 0 amide bonds. The number of piperidine rings is 1. The van der Waals surface area contributed by atoms with Gasteiger partial charge in [0, 0.05) is 43.6 Å². The molecule has 1 saturated heterocycles. The topological polar surface area (TPSA) is 106 Å². The molecular formula is C24H25ClN2O6.